The Morgan fingerprint density at radius 1 is 1.53 bits per heavy atom. The van der Waals surface area contributed by atoms with Crippen molar-refractivity contribution < 1.29 is 9.53 Å². The Labute approximate surface area is 101 Å². The number of methoxy groups -OCH3 is 1. The summed E-state index contributed by atoms with van der Waals surface area (Å²) in [4.78, 5) is 13.9. The van der Waals surface area contributed by atoms with Crippen LogP contribution in [-0.4, -0.2) is 46.9 Å². The molecule has 0 atom stereocenters. The Morgan fingerprint density at radius 2 is 2.18 bits per heavy atom. The molecular formula is C12H19N3O2. The number of aryl methyl sites for hydroxylation is 1. The quantitative estimate of drug-likeness (QED) is 0.788. The summed E-state index contributed by atoms with van der Waals surface area (Å²) in [5, 5.41) is 4.35. The molecule has 0 saturated carbocycles. The van der Waals surface area contributed by atoms with Crippen molar-refractivity contribution in [1.29, 1.82) is 0 Å². The fourth-order valence-corrected chi connectivity index (χ4v) is 1.89. The van der Waals surface area contributed by atoms with E-state index in [4.69, 9.17) is 4.74 Å². The van der Waals surface area contributed by atoms with E-state index >= 15 is 0 Å². The van der Waals surface area contributed by atoms with E-state index in [1.807, 2.05) is 13.1 Å². The zero-order chi connectivity index (χ0) is 12.6. The molecule has 1 amide bonds. The second-order valence-electron chi connectivity index (χ2n) is 4.80. The Hall–Kier alpha value is -1.36. The lowest BCUT2D eigenvalue weighted by Crippen LogP contribution is -2.54. The predicted octanol–water partition coefficient (Wildman–Crippen LogP) is 1.01. The number of hydrogen-bond donors (Lipinski definition) is 0. The van der Waals surface area contributed by atoms with Gasteiger partial charge in [-0.3, -0.25) is 9.48 Å². The maximum atomic E-state index is 12.2. The number of ether oxygens (including phenoxy) is 1. The van der Waals surface area contributed by atoms with Crippen LogP contribution in [0.25, 0.3) is 0 Å². The third-order valence-corrected chi connectivity index (χ3v) is 3.18. The monoisotopic (exact) mass is 237 g/mol. The van der Waals surface area contributed by atoms with Crippen LogP contribution in [0.5, 0.6) is 0 Å². The number of likely N-dealkylation sites (tertiary alicyclic amines) is 1. The Balaban J connectivity index is 2.10. The standard InChI is InChI=1S/C12H19N3O2/c1-8(2)10-5-11(14(3)13-10)12(16)15-6-9(7-15)17-4/h5,8-9H,6-7H2,1-4H3. The summed E-state index contributed by atoms with van der Waals surface area (Å²) < 4.78 is 6.82. The van der Waals surface area contributed by atoms with Crippen LogP contribution in [0, 0.1) is 0 Å². The van der Waals surface area contributed by atoms with Crippen molar-refractivity contribution in [3.8, 4) is 0 Å². The minimum atomic E-state index is 0.0419. The van der Waals surface area contributed by atoms with Gasteiger partial charge in [0.1, 0.15) is 5.69 Å². The molecule has 2 heterocycles. The summed E-state index contributed by atoms with van der Waals surface area (Å²) in [6, 6.07) is 1.88. The molecule has 0 aliphatic carbocycles. The first-order valence-electron chi connectivity index (χ1n) is 5.89. The van der Waals surface area contributed by atoms with Gasteiger partial charge in [0.05, 0.1) is 11.8 Å². The van der Waals surface area contributed by atoms with E-state index in [0.717, 1.165) is 5.69 Å². The molecule has 1 fully saturated rings. The number of amides is 1. The molecule has 1 aliphatic rings. The summed E-state index contributed by atoms with van der Waals surface area (Å²) in [5.41, 5.74) is 1.61. The molecule has 0 N–H and O–H groups in total. The normalized spacial score (nSPS) is 16.4. The van der Waals surface area contributed by atoms with E-state index < -0.39 is 0 Å². The van der Waals surface area contributed by atoms with Gasteiger partial charge >= 0.3 is 0 Å². The maximum Gasteiger partial charge on any atom is 0.272 e. The lowest BCUT2D eigenvalue weighted by molar-refractivity contribution is -0.0197. The highest BCUT2D eigenvalue weighted by Gasteiger charge is 2.32. The van der Waals surface area contributed by atoms with Crippen LogP contribution in [0.4, 0.5) is 0 Å². The first-order chi connectivity index (χ1) is 8.02. The van der Waals surface area contributed by atoms with Gasteiger partial charge in [0, 0.05) is 27.2 Å². The van der Waals surface area contributed by atoms with Gasteiger partial charge in [0.15, 0.2) is 0 Å². The fraction of sp³-hybridized carbons (Fsp3) is 0.667. The Kier molecular flexibility index (Phi) is 3.19. The highest BCUT2D eigenvalue weighted by Crippen LogP contribution is 2.18. The number of aromatic nitrogens is 2. The molecule has 1 aromatic heterocycles. The van der Waals surface area contributed by atoms with Gasteiger partial charge < -0.3 is 9.64 Å². The van der Waals surface area contributed by atoms with Gasteiger partial charge in [-0.2, -0.15) is 5.10 Å². The van der Waals surface area contributed by atoms with Gasteiger partial charge in [-0.05, 0) is 12.0 Å². The molecule has 0 spiro atoms. The Bertz CT molecular complexity index is 419. The van der Waals surface area contributed by atoms with Crippen molar-refractivity contribution in [3.05, 3.63) is 17.5 Å². The lowest BCUT2D eigenvalue weighted by Gasteiger charge is -2.37. The molecule has 94 valence electrons. The summed E-state index contributed by atoms with van der Waals surface area (Å²) in [7, 11) is 3.49. The molecule has 0 bridgehead atoms. The molecule has 1 aliphatic heterocycles. The first kappa shape index (κ1) is 12.1. The number of rotatable bonds is 3. The summed E-state index contributed by atoms with van der Waals surface area (Å²) in [5.74, 6) is 0.381. The minimum absolute atomic E-state index is 0.0419. The van der Waals surface area contributed by atoms with Gasteiger partial charge in [-0.25, -0.2) is 0 Å². The first-order valence-corrected chi connectivity index (χ1v) is 5.89. The molecule has 0 aromatic carbocycles. The summed E-state index contributed by atoms with van der Waals surface area (Å²) >= 11 is 0. The van der Waals surface area contributed by atoms with Crippen LogP contribution in [0.1, 0.15) is 35.9 Å². The van der Waals surface area contributed by atoms with Crippen molar-refractivity contribution in [3.63, 3.8) is 0 Å². The highest BCUT2D eigenvalue weighted by atomic mass is 16.5. The van der Waals surface area contributed by atoms with Crippen LogP contribution in [0.15, 0.2) is 6.07 Å². The van der Waals surface area contributed by atoms with Gasteiger partial charge in [0.25, 0.3) is 5.91 Å². The topological polar surface area (TPSA) is 47.4 Å². The average Bonchev–Trinajstić information content (AvgIpc) is 2.58. The molecule has 0 radical (unpaired) electrons. The molecule has 5 nitrogen and oxygen atoms in total. The van der Waals surface area contributed by atoms with Crippen molar-refractivity contribution in [1.82, 2.24) is 14.7 Å². The minimum Gasteiger partial charge on any atom is -0.378 e. The van der Waals surface area contributed by atoms with Crippen LogP contribution >= 0.6 is 0 Å². The molecule has 2 rings (SSSR count). The third kappa shape index (κ3) is 2.20. The molecular weight excluding hydrogens is 218 g/mol. The third-order valence-electron chi connectivity index (χ3n) is 3.18. The van der Waals surface area contributed by atoms with E-state index in [1.165, 1.54) is 0 Å². The zero-order valence-corrected chi connectivity index (χ0v) is 10.8. The molecule has 1 aromatic rings. The summed E-state index contributed by atoms with van der Waals surface area (Å²) in [6.45, 7) is 5.50. The van der Waals surface area contributed by atoms with Crippen LogP contribution in [0.2, 0.25) is 0 Å². The van der Waals surface area contributed by atoms with Crippen LogP contribution in [0.3, 0.4) is 0 Å². The molecule has 1 saturated heterocycles. The average molecular weight is 237 g/mol. The van der Waals surface area contributed by atoms with E-state index in [-0.39, 0.29) is 12.0 Å². The second-order valence-corrected chi connectivity index (χ2v) is 4.80. The predicted molar refractivity (Wildman–Crippen MR) is 64.0 cm³/mol. The van der Waals surface area contributed by atoms with E-state index in [0.29, 0.717) is 24.7 Å². The second kappa shape index (κ2) is 4.49. The van der Waals surface area contributed by atoms with Crippen molar-refractivity contribution in [2.75, 3.05) is 20.2 Å². The molecule has 0 unspecified atom stereocenters. The van der Waals surface area contributed by atoms with E-state index in [1.54, 1.807) is 16.7 Å². The van der Waals surface area contributed by atoms with Crippen LogP contribution in [-0.2, 0) is 11.8 Å². The maximum absolute atomic E-state index is 12.2. The zero-order valence-electron chi connectivity index (χ0n) is 10.8. The van der Waals surface area contributed by atoms with Gasteiger partial charge in [-0.1, -0.05) is 13.8 Å². The van der Waals surface area contributed by atoms with Crippen molar-refractivity contribution in [2.45, 2.75) is 25.9 Å². The fourth-order valence-electron chi connectivity index (χ4n) is 1.89. The number of carbonyl (C=O) groups excluding carboxylic acids is 1. The smallest absolute Gasteiger partial charge is 0.272 e. The van der Waals surface area contributed by atoms with Gasteiger partial charge in [-0.15, -0.1) is 0 Å². The highest BCUT2D eigenvalue weighted by molar-refractivity contribution is 5.93. The molecule has 17 heavy (non-hydrogen) atoms. The van der Waals surface area contributed by atoms with Gasteiger partial charge in [0.2, 0.25) is 0 Å². The van der Waals surface area contributed by atoms with Crippen molar-refractivity contribution in [2.24, 2.45) is 7.05 Å². The molecule has 5 heteroatoms. The number of hydrogen-bond acceptors (Lipinski definition) is 3. The van der Waals surface area contributed by atoms with E-state index in [2.05, 4.69) is 18.9 Å². The number of carbonyl (C=O) groups is 1. The van der Waals surface area contributed by atoms with Crippen molar-refractivity contribution >= 4 is 5.91 Å². The SMILES string of the molecule is COC1CN(C(=O)c2cc(C(C)C)nn2C)C1. The Morgan fingerprint density at radius 3 is 2.65 bits per heavy atom. The number of nitrogens with zero attached hydrogens (tertiary/aromatic N) is 3. The summed E-state index contributed by atoms with van der Waals surface area (Å²) in [6.07, 6.45) is 0.191. The van der Waals surface area contributed by atoms with Crippen LogP contribution < -0.4 is 0 Å². The largest absolute Gasteiger partial charge is 0.378 e. The lowest BCUT2D eigenvalue weighted by atomic mass is 10.1. The van der Waals surface area contributed by atoms with E-state index in [9.17, 15) is 4.79 Å².